The summed E-state index contributed by atoms with van der Waals surface area (Å²) in [5.74, 6) is 5.25. The van der Waals surface area contributed by atoms with Crippen molar-refractivity contribution in [3.8, 4) is 0 Å². The van der Waals surface area contributed by atoms with Crippen LogP contribution in [0.3, 0.4) is 0 Å². The van der Waals surface area contributed by atoms with Gasteiger partial charge in [0.15, 0.2) is 11.6 Å². The third-order valence-corrected chi connectivity index (χ3v) is 1.92. The number of carbonyl (C=O) groups is 1. The molecule has 0 rings (SSSR count). The lowest BCUT2D eigenvalue weighted by Crippen LogP contribution is -2.37. The summed E-state index contributed by atoms with van der Waals surface area (Å²) in [5.41, 5.74) is 7.25. The van der Waals surface area contributed by atoms with Gasteiger partial charge in [0.25, 0.3) is 0 Å². The molecule has 102 valence electrons. The zero-order chi connectivity index (χ0) is 14.3. The molecular formula is C10H18BrN5O2. The van der Waals surface area contributed by atoms with Crippen LogP contribution in [0.1, 0.15) is 20.8 Å². The van der Waals surface area contributed by atoms with Gasteiger partial charge in [0.1, 0.15) is 10.2 Å². The third-order valence-electron chi connectivity index (χ3n) is 1.41. The van der Waals surface area contributed by atoms with Gasteiger partial charge in [-0.05, 0) is 42.8 Å². The number of ether oxygens (including phenoxy) is 1. The number of amides is 1. The Kier molecular flexibility index (Phi) is 6.42. The number of nitrogens with zero attached hydrogens (tertiary/aromatic N) is 1. The molecule has 0 saturated carbocycles. The lowest BCUT2D eigenvalue weighted by atomic mass is 10.2. The largest absolute Gasteiger partial charge is 0.444 e. The van der Waals surface area contributed by atoms with Crippen molar-refractivity contribution in [1.82, 2.24) is 10.7 Å². The van der Waals surface area contributed by atoms with Crippen LogP contribution in [0.4, 0.5) is 4.79 Å². The molecule has 0 aliphatic carbocycles. The van der Waals surface area contributed by atoms with Crippen LogP contribution in [0.15, 0.2) is 29.3 Å². The van der Waals surface area contributed by atoms with E-state index in [-0.39, 0.29) is 11.6 Å². The van der Waals surface area contributed by atoms with Gasteiger partial charge in [-0.25, -0.2) is 15.6 Å². The highest BCUT2D eigenvalue weighted by molar-refractivity contribution is 9.18. The van der Waals surface area contributed by atoms with Crippen LogP contribution in [-0.2, 0) is 4.74 Å². The Morgan fingerprint density at radius 2 is 2.06 bits per heavy atom. The molecule has 0 aromatic carbocycles. The van der Waals surface area contributed by atoms with Crippen molar-refractivity contribution in [2.24, 2.45) is 16.6 Å². The number of hydrogen-bond acceptors (Lipinski definition) is 6. The maximum Gasteiger partial charge on any atom is 0.413 e. The van der Waals surface area contributed by atoms with Crippen LogP contribution in [0.5, 0.6) is 0 Å². The summed E-state index contributed by atoms with van der Waals surface area (Å²) in [7, 11) is 0. The Bertz CT molecular complexity index is 384. The number of alkyl carbamates (subject to hydrolysis) is 1. The molecule has 0 unspecified atom stereocenters. The summed E-state index contributed by atoms with van der Waals surface area (Å²) >= 11 is 3.10. The average Bonchev–Trinajstić information content (AvgIpc) is 2.22. The first kappa shape index (κ1) is 16.5. The van der Waals surface area contributed by atoms with Gasteiger partial charge in [-0.2, -0.15) is 0 Å². The van der Waals surface area contributed by atoms with Crippen LogP contribution in [0.25, 0.3) is 0 Å². The number of halogens is 1. The molecule has 0 bridgehead atoms. The van der Waals surface area contributed by atoms with Gasteiger partial charge in [0.05, 0.1) is 0 Å². The Morgan fingerprint density at radius 3 is 2.44 bits per heavy atom. The lowest BCUT2D eigenvalue weighted by Gasteiger charge is -2.20. The lowest BCUT2D eigenvalue weighted by molar-refractivity contribution is 0.0544. The second-order valence-electron chi connectivity index (χ2n) is 4.17. The SMILES string of the molecule is C=C/C(Br)=N\C(NN)=C(/N)NC(=O)OC(C)(C)C. The maximum atomic E-state index is 11.4. The molecule has 1 amide bonds. The van der Waals surface area contributed by atoms with Crippen molar-refractivity contribution >= 4 is 26.6 Å². The minimum Gasteiger partial charge on any atom is -0.444 e. The van der Waals surface area contributed by atoms with E-state index in [4.69, 9.17) is 16.3 Å². The molecule has 0 saturated heterocycles. The minimum absolute atomic E-state index is 0.0643. The molecule has 0 aliphatic rings. The molecule has 0 radical (unpaired) electrons. The topological polar surface area (TPSA) is 115 Å². The number of rotatable bonds is 4. The molecule has 0 spiro atoms. The fraction of sp³-hybridized carbons (Fsp3) is 0.400. The van der Waals surface area contributed by atoms with Crippen molar-refractivity contribution < 1.29 is 9.53 Å². The van der Waals surface area contributed by atoms with Crippen LogP contribution < -0.4 is 22.3 Å². The molecule has 0 heterocycles. The number of hydrogen-bond donors (Lipinski definition) is 4. The van der Waals surface area contributed by atoms with Crippen molar-refractivity contribution in [1.29, 1.82) is 0 Å². The Labute approximate surface area is 114 Å². The Hall–Kier alpha value is -1.54. The van der Waals surface area contributed by atoms with E-state index in [1.165, 1.54) is 6.08 Å². The number of carbonyl (C=O) groups excluding carboxylic acids is 1. The van der Waals surface area contributed by atoms with E-state index in [1.54, 1.807) is 20.8 Å². The first-order valence-electron chi connectivity index (χ1n) is 5.02. The van der Waals surface area contributed by atoms with Gasteiger partial charge in [-0.3, -0.25) is 5.32 Å². The monoisotopic (exact) mass is 319 g/mol. The number of nitrogens with two attached hydrogens (primary N) is 2. The highest BCUT2D eigenvalue weighted by Gasteiger charge is 2.17. The zero-order valence-corrected chi connectivity index (χ0v) is 12.2. The Morgan fingerprint density at radius 1 is 1.50 bits per heavy atom. The first-order valence-corrected chi connectivity index (χ1v) is 5.82. The molecule has 7 nitrogen and oxygen atoms in total. The second-order valence-corrected chi connectivity index (χ2v) is 4.98. The molecule has 0 aromatic heterocycles. The molecular weight excluding hydrogens is 302 g/mol. The van der Waals surface area contributed by atoms with E-state index in [0.717, 1.165) is 0 Å². The van der Waals surface area contributed by atoms with E-state index in [0.29, 0.717) is 4.62 Å². The standard InChI is InChI=1S/C10H18BrN5O2/c1-5-6(11)14-8(16-13)7(12)15-9(17)18-10(2,3)4/h5,16H,1,12-13H2,2-4H3,(H,15,17)/b8-7-,14-6+. The number of nitrogens with one attached hydrogen (secondary N) is 2. The van der Waals surface area contributed by atoms with Crippen LogP contribution in [0.2, 0.25) is 0 Å². The maximum absolute atomic E-state index is 11.4. The third kappa shape index (κ3) is 6.92. The fourth-order valence-corrected chi connectivity index (χ4v) is 0.973. The Balaban J connectivity index is 4.84. The van der Waals surface area contributed by atoms with Gasteiger partial charge in [-0.15, -0.1) is 0 Å². The zero-order valence-electron chi connectivity index (χ0n) is 10.6. The fourth-order valence-electron chi connectivity index (χ4n) is 0.795. The smallest absolute Gasteiger partial charge is 0.413 e. The summed E-state index contributed by atoms with van der Waals surface area (Å²) in [6, 6.07) is 0. The molecule has 0 fully saturated rings. The second kappa shape index (κ2) is 7.02. The van der Waals surface area contributed by atoms with Crippen molar-refractivity contribution in [3.63, 3.8) is 0 Å². The molecule has 6 N–H and O–H groups in total. The highest BCUT2D eigenvalue weighted by atomic mass is 79.9. The summed E-state index contributed by atoms with van der Waals surface area (Å²) in [6.07, 6.45) is 0.746. The summed E-state index contributed by atoms with van der Waals surface area (Å²) < 4.78 is 5.43. The number of aliphatic imine (C=N–C) groups is 1. The predicted molar refractivity (Wildman–Crippen MR) is 74.5 cm³/mol. The number of hydrazine groups is 1. The van der Waals surface area contributed by atoms with Crippen molar-refractivity contribution in [2.75, 3.05) is 0 Å². The normalized spacial score (nSPS) is 13.5. The molecule has 0 atom stereocenters. The van der Waals surface area contributed by atoms with E-state index >= 15 is 0 Å². The molecule has 18 heavy (non-hydrogen) atoms. The average molecular weight is 320 g/mol. The van der Waals surface area contributed by atoms with Crippen molar-refractivity contribution in [2.45, 2.75) is 26.4 Å². The van der Waals surface area contributed by atoms with Gasteiger partial charge < -0.3 is 15.9 Å². The van der Waals surface area contributed by atoms with E-state index in [2.05, 4.69) is 38.2 Å². The molecule has 0 aliphatic heterocycles. The van der Waals surface area contributed by atoms with Gasteiger partial charge >= 0.3 is 6.09 Å². The highest BCUT2D eigenvalue weighted by Crippen LogP contribution is 2.07. The quantitative estimate of drug-likeness (QED) is 0.351. The van der Waals surface area contributed by atoms with Gasteiger partial charge in [0.2, 0.25) is 0 Å². The van der Waals surface area contributed by atoms with Crippen LogP contribution in [0, 0.1) is 0 Å². The summed E-state index contributed by atoms with van der Waals surface area (Å²) in [5, 5.41) is 2.31. The molecule has 0 aromatic rings. The van der Waals surface area contributed by atoms with Gasteiger partial charge in [-0.1, -0.05) is 6.58 Å². The first-order chi connectivity index (χ1) is 8.19. The van der Waals surface area contributed by atoms with Gasteiger partial charge in [0, 0.05) is 0 Å². The minimum atomic E-state index is -0.697. The van der Waals surface area contributed by atoms with E-state index in [9.17, 15) is 4.79 Å². The summed E-state index contributed by atoms with van der Waals surface area (Å²) in [6.45, 7) is 8.71. The van der Waals surface area contributed by atoms with Crippen molar-refractivity contribution in [3.05, 3.63) is 24.3 Å². The van der Waals surface area contributed by atoms with E-state index in [1.807, 2.05) is 0 Å². The van der Waals surface area contributed by atoms with Crippen LogP contribution >= 0.6 is 15.9 Å². The van der Waals surface area contributed by atoms with E-state index < -0.39 is 11.7 Å². The van der Waals surface area contributed by atoms with Crippen LogP contribution in [-0.4, -0.2) is 16.3 Å². The predicted octanol–water partition coefficient (Wildman–Crippen LogP) is 1.04. The number of allylic oxidation sites excluding steroid dienone is 1. The molecule has 8 heteroatoms. The summed E-state index contributed by atoms with van der Waals surface area (Å²) in [4.78, 5) is 15.4.